The fourth-order valence-electron chi connectivity index (χ4n) is 2.75. The molecule has 0 atom stereocenters. The van der Waals surface area contributed by atoms with Crippen molar-refractivity contribution in [1.82, 2.24) is 24.7 Å². The van der Waals surface area contributed by atoms with Crippen molar-refractivity contribution in [2.24, 2.45) is 0 Å². The molecule has 126 valence electrons. The van der Waals surface area contributed by atoms with Crippen molar-refractivity contribution < 1.29 is 4.74 Å². The second-order valence-corrected chi connectivity index (χ2v) is 7.27. The molecule has 1 saturated heterocycles. The lowest BCUT2D eigenvalue weighted by Gasteiger charge is -2.44. The lowest BCUT2D eigenvalue weighted by molar-refractivity contribution is 0.127. The van der Waals surface area contributed by atoms with E-state index in [1.807, 2.05) is 16.6 Å². The Morgan fingerprint density at radius 3 is 2.65 bits per heavy atom. The molecule has 0 spiro atoms. The second-order valence-electron chi connectivity index (χ2n) is 7.27. The van der Waals surface area contributed by atoms with Gasteiger partial charge in [-0.05, 0) is 19.2 Å². The first-order valence-electron chi connectivity index (χ1n) is 8.07. The molecule has 0 N–H and O–H groups in total. The summed E-state index contributed by atoms with van der Waals surface area (Å²) in [5.41, 5.74) is 0.719. The molecule has 1 fully saturated rings. The number of methoxy groups -OCH3 is 1. The van der Waals surface area contributed by atoms with Crippen molar-refractivity contribution in [1.29, 1.82) is 0 Å². The number of nitrogens with zero attached hydrogens (tertiary/aromatic N) is 6. The van der Waals surface area contributed by atoms with E-state index in [-0.39, 0.29) is 5.41 Å². The predicted octanol–water partition coefficient (Wildman–Crippen LogP) is 1.19. The van der Waals surface area contributed by atoms with E-state index in [4.69, 9.17) is 9.84 Å². The molecule has 23 heavy (non-hydrogen) atoms. The molecule has 0 unspecified atom stereocenters. The van der Waals surface area contributed by atoms with Crippen molar-refractivity contribution in [2.45, 2.75) is 32.2 Å². The Labute approximate surface area is 137 Å². The van der Waals surface area contributed by atoms with Crippen molar-refractivity contribution in [2.75, 3.05) is 45.3 Å². The van der Waals surface area contributed by atoms with E-state index in [0.717, 1.165) is 43.5 Å². The van der Waals surface area contributed by atoms with Gasteiger partial charge in [-0.25, -0.2) is 0 Å². The molecule has 0 bridgehead atoms. The highest BCUT2D eigenvalue weighted by molar-refractivity contribution is 5.48. The average Bonchev–Trinajstić information content (AvgIpc) is 2.86. The summed E-state index contributed by atoms with van der Waals surface area (Å²) in [4.78, 5) is 4.64. The quantitative estimate of drug-likeness (QED) is 0.825. The van der Waals surface area contributed by atoms with Gasteiger partial charge < -0.3 is 9.64 Å². The van der Waals surface area contributed by atoms with Crippen LogP contribution in [0.4, 0.5) is 5.82 Å². The molecule has 0 amide bonds. The standard InChI is InChI=1S/C16H26N6O/c1-16(2,3)15-18-17-13-6-7-14(19-22(13)15)21-10-12(11-21)20(4)8-9-23-5/h6-7,12H,8-11H2,1-5H3. The van der Waals surface area contributed by atoms with Gasteiger partial charge in [0.25, 0.3) is 0 Å². The second kappa shape index (κ2) is 6.05. The minimum Gasteiger partial charge on any atom is -0.383 e. The van der Waals surface area contributed by atoms with Gasteiger partial charge in [0.2, 0.25) is 0 Å². The first-order valence-corrected chi connectivity index (χ1v) is 8.07. The zero-order chi connectivity index (χ0) is 16.6. The van der Waals surface area contributed by atoms with E-state index in [1.165, 1.54) is 0 Å². The Kier molecular flexibility index (Phi) is 4.25. The third-order valence-corrected chi connectivity index (χ3v) is 4.38. The third-order valence-electron chi connectivity index (χ3n) is 4.38. The molecule has 2 aromatic rings. The van der Waals surface area contributed by atoms with Gasteiger partial charge in [-0.3, -0.25) is 4.90 Å². The smallest absolute Gasteiger partial charge is 0.178 e. The zero-order valence-electron chi connectivity index (χ0n) is 14.7. The maximum Gasteiger partial charge on any atom is 0.178 e. The lowest BCUT2D eigenvalue weighted by atomic mass is 9.96. The molecule has 0 radical (unpaired) electrons. The summed E-state index contributed by atoms with van der Waals surface area (Å²) in [7, 11) is 3.89. The normalized spacial score (nSPS) is 16.3. The Hall–Kier alpha value is -1.73. The molecule has 1 aliphatic rings. The van der Waals surface area contributed by atoms with Crippen LogP contribution < -0.4 is 4.90 Å². The van der Waals surface area contributed by atoms with Crippen molar-refractivity contribution in [3.63, 3.8) is 0 Å². The molecule has 0 aliphatic carbocycles. The molecular weight excluding hydrogens is 292 g/mol. The van der Waals surface area contributed by atoms with E-state index < -0.39 is 0 Å². The molecular formula is C16H26N6O. The molecule has 3 rings (SSSR count). The van der Waals surface area contributed by atoms with Gasteiger partial charge in [-0.2, -0.15) is 4.52 Å². The molecule has 2 aromatic heterocycles. The van der Waals surface area contributed by atoms with Crippen molar-refractivity contribution in [3.8, 4) is 0 Å². The first kappa shape index (κ1) is 16.1. The van der Waals surface area contributed by atoms with Crippen LogP contribution in [0.5, 0.6) is 0 Å². The Bertz CT molecular complexity index is 671. The monoisotopic (exact) mass is 318 g/mol. The minimum atomic E-state index is -0.0805. The summed E-state index contributed by atoms with van der Waals surface area (Å²) < 4.78 is 7.01. The number of likely N-dealkylation sites (N-methyl/N-ethyl adjacent to an activating group) is 1. The SMILES string of the molecule is COCCN(C)C1CN(c2ccc3nnc(C(C)(C)C)n3n2)C1. The highest BCUT2D eigenvalue weighted by atomic mass is 16.5. The van der Waals surface area contributed by atoms with Crippen LogP contribution in [0.3, 0.4) is 0 Å². The summed E-state index contributed by atoms with van der Waals surface area (Å²) in [5, 5.41) is 13.3. The predicted molar refractivity (Wildman–Crippen MR) is 90.0 cm³/mol. The Morgan fingerprint density at radius 1 is 1.26 bits per heavy atom. The van der Waals surface area contributed by atoms with Crippen LogP contribution in [0.25, 0.3) is 5.65 Å². The Balaban J connectivity index is 1.73. The molecule has 0 aromatic carbocycles. The van der Waals surface area contributed by atoms with Crippen molar-refractivity contribution in [3.05, 3.63) is 18.0 Å². The summed E-state index contributed by atoms with van der Waals surface area (Å²) in [6.45, 7) is 10.1. The molecule has 7 heteroatoms. The highest BCUT2D eigenvalue weighted by Gasteiger charge is 2.31. The van der Waals surface area contributed by atoms with Crippen LogP contribution in [0, 0.1) is 0 Å². The number of ether oxygens (including phenoxy) is 1. The first-order chi connectivity index (χ1) is 10.9. The fraction of sp³-hybridized carbons (Fsp3) is 0.688. The van der Waals surface area contributed by atoms with Crippen LogP contribution in [0.1, 0.15) is 26.6 Å². The number of anilines is 1. The summed E-state index contributed by atoms with van der Waals surface area (Å²) >= 11 is 0. The fourth-order valence-corrected chi connectivity index (χ4v) is 2.75. The number of rotatable bonds is 5. The minimum absolute atomic E-state index is 0.0805. The van der Waals surface area contributed by atoms with E-state index in [9.17, 15) is 0 Å². The maximum atomic E-state index is 5.14. The molecule has 7 nitrogen and oxygen atoms in total. The van der Waals surface area contributed by atoms with Gasteiger partial charge in [-0.15, -0.1) is 15.3 Å². The van der Waals surface area contributed by atoms with Gasteiger partial charge in [0.1, 0.15) is 5.82 Å². The van der Waals surface area contributed by atoms with E-state index >= 15 is 0 Å². The zero-order valence-corrected chi connectivity index (χ0v) is 14.7. The third kappa shape index (κ3) is 3.16. The van der Waals surface area contributed by atoms with Gasteiger partial charge in [-0.1, -0.05) is 20.8 Å². The molecule has 3 heterocycles. The van der Waals surface area contributed by atoms with Gasteiger partial charge in [0.15, 0.2) is 11.5 Å². The lowest BCUT2D eigenvalue weighted by Crippen LogP contribution is -2.59. The highest BCUT2D eigenvalue weighted by Crippen LogP contribution is 2.24. The van der Waals surface area contributed by atoms with Crippen LogP contribution in [0.2, 0.25) is 0 Å². The Morgan fingerprint density at radius 2 is 2.00 bits per heavy atom. The summed E-state index contributed by atoms with van der Waals surface area (Å²) in [6.07, 6.45) is 0. The molecule has 0 saturated carbocycles. The maximum absolute atomic E-state index is 5.14. The number of fused-ring (bicyclic) bond motifs is 1. The van der Waals surface area contributed by atoms with Gasteiger partial charge in [0, 0.05) is 38.2 Å². The van der Waals surface area contributed by atoms with E-state index in [0.29, 0.717) is 6.04 Å². The van der Waals surface area contributed by atoms with Gasteiger partial charge >= 0.3 is 0 Å². The van der Waals surface area contributed by atoms with Crippen LogP contribution in [0.15, 0.2) is 12.1 Å². The number of aromatic nitrogens is 4. The van der Waals surface area contributed by atoms with Gasteiger partial charge in [0.05, 0.1) is 6.61 Å². The summed E-state index contributed by atoms with van der Waals surface area (Å²) in [5.74, 6) is 1.88. The van der Waals surface area contributed by atoms with E-state index in [2.05, 4.69) is 47.8 Å². The summed E-state index contributed by atoms with van der Waals surface area (Å²) in [6, 6.07) is 4.58. The van der Waals surface area contributed by atoms with Crippen LogP contribution in [-0.2, 0) is 10.2 Å². The van der Waals surface area contributed by atoms with E-state index in [1.54, 1.807) is 7.11 Å². The number of hydrogen-bond acceptors (Lipinski definition) is 6. The molecule has 1 aliphatic heterocycles. The number of hydrogen-bond donors (Lipinski definition) is 0. The largest absolute Gasteiger partial charge is 0.383 e. The average molecular weight is 318 g/mol. The van der Waals surface area contributed by atoms with Crippen LogP contribution >= 0.6 is 0 Å². The van der Waals surface area contributed by atoms with Crippen LogP contribution in [-0.4, -0.2) is 71.2 Å². The topological polar surface area (TPSA) is 58.8 Å². The van der Waals surface area contributed by atoms with Crippen molar-refractivity contribution >= 4 is 11.5 Å².